The summed E-state index contributed by atoms with van der Waals surface area (Å²) in [6.45, 7) is 4.46. The maximum atomic E-state index is 12.0. The second kappa shape index (κ2) is 8.13. The summed E-state index contributed by atoms with van der Waals surface area (Å²) in [7, 11) is 1.64. The van der Waals surface area contributed by atoms with Gasteiger partial charge in [0.05, 0.1) is 13.0 Å². The number of carbonyl (C=O) groups excluding carboxylic acids is 1. The van der Waals surface area contributed by atoms with Crippen LogP contribution in [-0.2, 0) is 9.53 Å². The summed E-state index contributed by atoms with van der Waals surface area (Å²) in [6, 6.07) is 10.1. The van der Waals surface area contributed by atoms with Crippen molar-refractivity contribution in [3.05, 3.63) is 35.4 Å². The summed E-state index contributed by atoms with van der Waals surface area (Å²) in [5.74, 6) is 0.955. The van der Waals surface area contributed by atoms with Gasteiger partial charge in [-0.05, 0) is 44.1 Å². The molecule has 0 aromatic heterocycles. The van der Waals surface area contributed by atoms with E-state index in [2.05, 4.69) is 36.5 Å². The maximum Gasteiger partial charge on any atom is 0.224 e. The van der Waals surface area contributed by atoms with Crippen LogP contribution in [0.1, 0.15) is 49.1 Å². The van der Waals surface area contributed by atoms with Crippen molar-refractivity contribution in [3.8, 4) is 0 Å². The first-order valence-electron chi connectivity index (χ1n) is 9.25. The highest BCUT2D eigenvalue weighted by atomic mass is 16.5. The predicted octanol–water partition coefficient (Wildman–Crippen LogP) is 2.86. The van der Waals surface area contributed by atoms with E-state index in [0.717, 1.165) is 31.8 Å². The van der Waals surface area contributed by atoms with Crippen LogP contribution in [0.5, 0.6) is 0 Å². The lowest BCUT2D eigenvalue weighted by atomic mass is 9.75. The molecule has 0 atom stereocenters. The Hall–Kier alpha value is -1.39. The average Bonchev–Trinajstić information content (AvgIpc) is 2.56. The molecule has 24 heavy (non-hydrogen) atoms. The highest BCUT2D eigenvalue weighted by Crippen LogP contribution is 2.37. The van der Waals surface area contributed by atoms with Gasteiger partial charge in [-0.3, -0.25) is 4.79 Å². The van der Waals surface area contributed by atoms with Gasteiger partial charge in [0.15, 0.2) is 0 Å². The van der Waals surface area contributed by atoms with Crippen LogP contribution in [0.15, 0.2) is 24.3 Å². The molecular weight excluding hydrogens is 300 g/mol. The minimum absolute atomic E-state index is 0.235. The third-order valence-electron chi connectivity index (χ3n) is 5.49. The van der Waals surface area contributed by atoms with E-state index < -0.39 is 0 Å². The number of piperidine rings is 1. The van der Waals surface area contributed by atoms with Crippen LogP contribution in [0.2, 0.25) is 0 Å². The zero-order valence-corrected chi connectivity index (χ0v) is 15.0. The van der Waals surface area contributed by atoms with E-state index in [1.165, 1.54) is 24.0 Å². The number of rotatable bonds is 6. The molecule has 4 nitrogen and oxygen atoms in total. The van der Waals surface area contributed by atoms with Crippen molar-refractivity contribution in [2.45, 2.75) is 57.0 Å². The zero-order chi connectivity index (χ0) is 16.9. The number of hydrogen-bond acceptors (Lipinski definition) is 3. The summed E-state index contributed by atoms with van der Waals surface area (Å²) >= 11 is 0. The van der Waals surface area contributed by atoms with Crippen LogP contribution < -0.4 is 5.32 Å². The fraction of sp³-hybridized carbons (Fsp3) is 0.650. The molecule has 1 saturated heterocycles. The fourth-order valence-corrected chi connectivity index (χ4v) is 3.93. The number of methoxy groups -OCH3 is 1. The lowest BCUT2D eigenvalue weighted by Gasteiger charge is -2.41. The number of carbonyl (C=O) groups is 1. The standard InChI is InChI=1S/C20H30N2O2/c1-15-4-3-5-16(12-15)17-13-19(14-17)21-18-6-9-22(10-7-18)20(23)8-11-24-2/h3-5,12,17-19,21H,6-11,13-14H2,1-2H3. The van der Waals surface area contributed by atoms with Crippen LogP contribution in [0.25, 0.3) is 0 Å². The van der Waals surface area contributed by atoms with Crippen molar-refractivity contribution in [3.63, 3.8) is 0 Å². The van der Waals surface area contributed by atoms with Crippen molar-refractivity contribution in [2.75, 3.05) is 26.8 Å². The normalized spacial score (nSPS) is 24.7. The van der Waals surface area contributed by atoms with E-state index in [1.807, 2.05) is 4.90 Å². The monoisotopic (exact) mass is 330 g/mol. The highest BCUT2D eigenvalue weighted by molar-refractivity contribution is 5.76. The number of ether oxygens (including phenoxy) is 1. The number of aryl methyl sites for hydroxylation is 1. The van der Waals surface area contributed by atoms with Crippen molar-refractivity contribution in [1.29, 1.82) is 0 Å². The van der Waals surface area contributed by atoms with E-state index in [0.29, 0.717) is 25.1 Å². The van der Waals surface area contributed by atoms with Gasteiger partial charge in [0.25, 0.3) is 0 Å². The molecular formula is C20H30N2O2. The fourth-order valence-electron chi connectivity index (χ4n) is 3.93. The Morgan fingerprint density at radius 2 is 2.00 bits per heavy atom. The summed E-state index contributed by atoms with van der Waals surface area (Å²) in [6.07, 6.45) is 5.15. The van der Waals surface area contributed by atoms with Gasteiger partial charge in [-0.1, -0.05) is 29.8 Å². The van der Waals surface area contributed by atoms with Gasteiger partial charge >= 0.3 is 0 Å². The Bertz CT molecular complexity index is 546. The SMILES string of the molecule is COCCC(=O)N1CCC(NC2CC(c3cccc(C)c3)C2)CC1. The summed E-state index contributed by atoms with van der Waals surface area (Å²) in [5.41, 5.74) is 2.85. The highest BCUT2D eigenvalue weighted by Gasteiger charge is 2.32. The molecule has 1 aliphatic heterocycles. The van der Waals surface area contributed by atoms with E-state index in [-0.39, 0.29) is 5.91 Å². The van der Waals surface area contributed by atoms with Crippen LogP contribution in [-0.4, -0.2) is 49.7 Å². The van der Waals surface area contributed by atoms with Crippen molar-refractivity contribution >= 4 is 5.91 Å². The molecule has 1 aromatic carbocycles. The number of hydrogen-bond donors (Lipinski definition) is 1. The molecule has 2 fully saturated rings. The second-order valence-electron chi connectivity index (χ2n) is 7.34. The molecule has 132 valence electrons. The Balaban J connectivity index is 1.37. The van der Waals surface area contributed by atoms with Crippen molar-refractivity contribution < 1.29 is 9.53 Å². The quantitative estimate of drug-likeness (QED) is 0.872. The van der Waals surface area contributed by atoms with Crippen molar-refractivity contribution in [1.82, 2.24) is 10.2 Å². The van der Waals surface area contributed by atoms with E-state index in [1.54, 1.807) is 7.11 Å². The molecule has 3 rings (SSSR count). The van der Waals surface area contributed by atoms with E-state index in [9.17, 15) is 4.79 Å². The zero-order valence-electron chi connectivity index (χ0n) is 15.0. The Kier molecular flexibility index (Phi) is 5.90. The van der Waals surface area contributed by atoms with Gasteiger partial charge < -0.3 is 15.0 Å². The van der Waals surface area contributed by atoms with Gasteiger partial charge in [-0.25, -0.2) is 0 Å². The summed E-state index contributed by atoms with van der Waals surface area (Å²) < 4.78 is 4.99. The van der Waals surface area contributed by atoms with Crippen molar-refractivity contribution in [2.24, 2.45) is 0 Å². The number of likely N-dealkylation sites (tertiary alicyclic amines) is 1. The smallest absolute Gasteiger partial charge is 0.224 e. The third-order valence-corrected chi connectivity index (χ3v) is 5.49. The number of nitrogens with zero attached hydrogens (tertiary/aromatic N) is 1. The molecule has 1 amide bonds. The molecule has 4 heteroatoms. The Morgan fingerprint density at radius 1 is 1.25 bits per heavy atom. The van der Waals surface area contributed by atoms with Gasteiger partial charge in [-0.2, -0.15) is 0 Å². The molecule has 1 N–H and O–H groups in total. The second-order valence-corrected chi connectivity index (χ2v) is 7.34. The number of benzene rings is 1. The van der Waals surface area contributed by atoms with Gasteiger partial charge in [0.2, 0.25) is 5.91 Å². The maximum absolute atomic E-state index is 12.0. The summed E-state index contributed by atoms with van der Waals surface area (Å²) in [5, 5.41) is 3.81. The average molecular weight is 330 g/mol. The van der Waals surface area contributed by atoms with Crippen LogP contribution in [0, 0.1) is 6.92 Å². The lowest BCUT2D eigenvalue weighted by molar-refractivity contribution is -0.133. The Labute approximate surface area is 145 Å². The molecule has 0 spiro atoms. The third kappa shape index (κ3) is 4.37. The molecule has 1 aliphatic carbocycles. The van der Waals surface area contributed by atoms with Crippen LogP contribution >= 0.6 is 0 Å². The first-order valence-corrected chi connectivity index (χ1v) is 9.25. The van der Waals surface area contributed by atoms with Gasteiger partial charge in [0.1, 0.15) is 0 Å². The van der Waals surface area contributed by atoms with E-state index >= 15 is 0 Å². The summed E-state index contributed by atoms with van der Waals surface area (Å²) in [4.78, 5) is 14.0. The first-order chi connectivity index (χ1) is 11.7. The molecule has 0 radical (unpaired) electrons. The molecule has 2 aliphatic rings. The molecule has 1 aromatic rings. The molecule has 1 saturated carbocycles. The van der Waals surface area contributed by atoms with E-state index in [4.69, 9.17) is 4.74 Å². The molecule has 0 unspecified atom stereocenters. The number of nitrogens with one attached hydrogen (secondary N) is 1. The topological polar surface area (TPSA) is 41.6 Å². The lowest BCUT2D eigenvalue weighted by Crippen LogP contribution is -2.50. The first kappa shape index (κ1) is 17.4. The Morgan fingerprint density at radius 3 is 2.67 bits per heavy atom. The van der Waals surface area contributed by atoms with Crippen LogP contribution in [0.3, 0.4) is 0 Å². The van der Waals surface area contributed by atoms with Crippen LogP contribution in [0.4, 0.5) is 0 Å². The van der Waals surface area contributed by atoms with Gasteiger partial charge in [0, 0.05) is 32.3 Å². The predicted molar refractivity (Wildman–Crippen MR) is 96.2 cm³/mol. The number of amides is 1. The minimum atomic E-state index is 0.235. The molecule has 0 bridgehead atoms. The minimum Gasteiger partial charge on any atom is -0.384 e. The largest absolute Gasteiger partial charge is 0.384 e. The van der Waals surface area contributed by atoms with Gasteiger partial charge in [-0.15, -0.1) is 0 Å². The molecule has 1 heterocycles.